The fraction of sp³-hybridized carbons (Fsp3) is 0.408. The van der Waals surface area contributed by atoms with Gasteiger partial charge in [-0.15, -0.1) is 10.2 Å². The number of nitrogens with one attached hydrogen (secondary N) is 3. The van der Waals surface area contributed by atoms with Crippen LogP contribution in [0, 0.1) is 11.7 Å². The van der Waals surface area contributed by atoms with Crippen LogP contribution in [-0.4, -0.2) is 136 Å². The molecule has 5 N–H and O–H groups in total. The van der Waals surface area contributed by atoms with E-state index in [1.807, 2.05) is 32.0 Å². The molecule has 1 aliphatic heterocycles. The van der Waals surface area contributed by atoms with Gasteiger partial charge in [-0.05, 0) is 66.9 Å². The summed E-state index contributed by atoms with van der Waals surface area (Å²) in [5, 5.41) is 16.5. The molecule has 0 saturated carbocycles. The molecule has 0 bridgehead atoms. The second kappa shape index (κ2) is 29.9. The van der Waals surface area contributed by atoms with Crippen LogP contribution in [0.2, 0.25) is 5.02 Å². The summed E-state index contributed by atoms with van der Waals surface area (Å²) in [6.45, 7) is 10.3. The maximum atomic E-state index is 15.8. The van der Waals surface area contributed by atoms with Gasteiger partial charge in [-0.25, -0.2) is 19.2 Å². The average molecular weight is 1280 g/mol. The van der Waals surface area contributed by atoms with Crippen LogP contribution in [0.25, 0.3) is 22.2 Å². The van der Waals surface area contributed by atoms with Gasteiger partial charge in [0.1, 0.15) is 37.1 Å². The van der Waals surface area contributed by atoms with E-state index in [0.717, 1.165) is 24.8 Å². The number of carbonyl (C=O) groups excluding carboxylic acids is 5. The molecule has 0 aliphatic carbocycles. The Balaban J connectivity index is 0.000000585. The van der Waals surface area contributed by atoms with Crippen LogP contribution < -0.4 is 31.3 Å². The Labute approximate surface area is 420 Å². The summed E-state index contributed by atoms with van der Waals surface area (Å²) in [5.74, 6) is -1.35. The number of benzene rings is 3. The number of primary amides is 1. The van der Waals surface area contributed by atoms with Gasteiger partial charge in [0.15, 0.2) is 6.10 Å². The van der Waals surface area contributed by atoms with Crippen LogP contribution in [0.4, 0.5) is 20.6 Å². The summed E-state index contributed by atoms with van der Waals surface area (Å²) in [5.41, 5.74) is 8.28. The second-order valence-corrected chi connectivity index (χ2v) is 16.7. The molecule has 6 rings (SSSR count). The molecule has 5 aromatic rings. The first-order valence-electron chi connectivity index (χ1n) is 22.8. The predicted molar refractivity (Wildman–Crippen MR) is 262 cm³/mol. The van der Waals surface area contributed by atoms with Crippen LogP contribution in [-0.2, 0) is 54.2 Å². The van der Waals surface area contributed by atoms with E-state index in [1.54, 1.807) is 37.3 Å². The minimum Gasteiger partial charge on any atom is -0.528 e. The van der Waals surface area contributed by atoms with Crippen molar-refractivity contribution in [3.8, 4) is 17.1 Å². The Morgan fingerprint density at radius 1 is 0.904 bits per heavy atom. The number of halogens is 2. The molecule has 1 aliphatic rings. The Bertz CT molecular complexity index is 2560. The van der Waals surface area contributed by atoms with Crippen LogP contribution in [0.5, 0.6) is 5.88 Å². The zero-order valence-electron chi connectivity index (χ0n) is 40.6. The number of morpholine rings is 1. The second-order valence-electron chi connectivity index (χ2n) is 16.3. The number of amides is 4. The Kier molecular flexibility index (Phi) is 23.6. The quantitative estimate of drug-likeness (QED) is 0.0264. The average Bonchev–Trinajstić information content (AvgIpc) is 3.37. The van der Waals surface area contributed by atoms with Crippen molar-refractivity contribution >= 4 is 64.2 Å². The van der Waals surface area contributed by atoms with Gasteiger partial charge < -0.3 is 64.5 Å². The van der Waals surface area contributed by atoms with Crippen LogP contribution >= 0.6 is 11.6 Å². The molecule has 0 radical (unpaired) electrons. The van der Waals surface area contributed by atoms with Gasteiger partial charge in [-0.2, -0.15) is 6.41 Å². The number of nitrogens with two attached hydrogens (primary N) is 1. The molecular formula is C49H58ClFFmN9O12-. The predicted octanol–water partition coefficient (Wildman–Crippen LogP) is 4.83. The van der Waals surface area contributed by atoms with E-state index in [1.165, 1.54) is 32.0 Å². The summed E-state index contributed by atoms with van der Waals surface area (Å²) in [7, 11) is 1.43. The minimum absolute atomic E-state index is 0. The monoisotopic (exact) mass is 1280 g/mol. The Morgan fingerprint density at radius 3 is 2.27 bits per heavy atom. The molecule has 3 heterocycles. The van der Waals surface area contributed by atoms with Crippen molar-refractivity contribution in [2.24, 2.45) is 11.7 Å². The summed E-state index contributed by atoms with van der Waals surface area (Å²) in [6.07, 6.45) is 0.868. The van der Waals surface area contributed by atoms with E-state index in [0.29, 0.717) is 87.1 Å². The third kappa shape index (κ3) is 18.5. The molecule has 2 atom stereocenters. The van der Waals surface area contributed by atoms with Gasteiger partial charge in [0.2, 0.25) is 23.6 Å². The van der Waals surface area contributed by atoms with Gasteiger partial charge in [-0.3, -0.25) is 14.4 Å². The number of nitrogens with zero attached hydrogens (tertiary/aromatic N) is 5. The number of hydrogen-bond acceptors (Lipinski definition) is 17. The molecule has 398 valence electrons. The SMILES string of the molecule is COc1ccc(C(OC(=O)OCc2ccc(NC(=O)C(C)NC(=O)CC(C)C)cc2)c2cc(-c3ncnc4cc(N5CCOCC5)ccc34)c(F)cc2Cl)nn1.NC(=O)COCCOCCOCCN[C-]=O.[Fm]. The van der Waals surface area contributed by atoms with Gasteiger partial charge >= 0.3 is 6.16 Å². The van der Waals surface area contributed by atoms with Crippen molar-refractivity contribution in [2.75, 3.05) is 89.8 Å². The zero-order chi connectivity index (χ0) is 51.8. The molecule has 24 heteroatoms. The minimum atomic E-state index is -1.28. The molecule has 2 aromatic heterocycles. The molecule has 1 fully saturated rings. The first kappa shape index (κ1) is 57.5. The van der Waals surface area contributed by atoms with Crippen molar-refractivity contribution in [2.45, 2.75) is 45.9 Å². The van der Waals surface area contributed by atoms with Gasteiger partial charge in [0.05, 0.1) is 69.6 Å². The van der Waals surface area contributed by atoms with Gasteiger partial charge in [0, 0.05) is 60.0 Å². The molecule has 73 heavy (non-hydrogen) atoms. The number of methoxy groups -OCH3 is 1. The summed E-state index contributed by atoms with van der Waals surface area (Å²) in [4.78, 5) is 69.0. The largest absolute Gasteiger partial charge is 0.528 e. The smallest absolute Gasteiger partial charge is 0.509 e. The van der Waals surface area contributed by atoms with Crippen molar-refractivity contribution in [3.05, 3.63) is 101 Å². The standard InChI is InChI=1S/C40H41ClFN7O7.C9H17N2O5.Fm/c1-23(2)17-35(50)45-24(3)39(51)46-26-7-5-25(6-8-26)21-55-40(52)56-38(33-11-12-36(53-4)48-47-33)29-19-30(32(42)20-31(29)41)37-28-10-9-27(18-34(28)43-22-44-37)49-13-15-54-16-14-49;10-9(13)7-16-6-5-15-4-3-14-2-1-11-8-12;/h5-12,18-20,22-24,38H,13-17,21H2,1-4H3,(H,45,50)(H,46,51);1-7H2,(H2,10,13)(H,11,12);/q;-1;. The number of rotatable bonds is 25. The van der Waals surface area contributed by atoms with Gasteiger partial charge in [-0.1, -0.05) is 37.6 Å². The molecular weight excluding hydrogens is 1220 g/mol. The molecule has 4 amide bonds. The molecule has 21 nitrogen and oxygen atoms in total. The number of fused-ring (bicyclic) bond motifs is 1. The third-order valence-corrected chi connectivity index (χ3v) is 10.7. The van der Waals surface area contributed by atoms with E-state index >= 15 is 4.39 Å². The van der Waals surface area contributed by atoms with E-state index in [2.05, 4.69) is 41.0 Å². The van der Waals surface area contributed by atoms with E-state index in [-0.39, 0.29) is 58.7 Å². The zero-order valence-corrected chi connectivity index (χ0v) is 43.8. The molecule has 1 saturated heterocycles. The first-order chi connectivity index (χ1) is 34.8. The fourth-order valence-corrected chi connectivity index (χ4v) is 7.07. The van der Waals surface area contributed by atoms with Crippen molar-refractivity contribution < 1.29 is 61.5 Å². The number of ether oxygens (including phenoxy) is 7. The maximum absolute atomic E-state index is 15.8. The molecule has 0 spiro atoms. The topological polar surface area (TPSA) is 267 Å². The first-order valence-corrected chi connectivity index (χ1v) is 23.2. The van der Waals surface area contributed by atoms with E-state index < -0.39 is 30.0 Å². The maximum Gasteiger partial charge on any atom is 0.509 e. The number of aromatic nitrogens is 4. The Morgan fingerprint density at radius 2 is 1.62 bits per heavy atom. The summed E-state index contributed by atoms with van der Waals surface area (Å²) in [6, 6.07) is 17.2. The fourth-order valence-electron chi connectivity index (χ4n) is 6.82. The molecule has 2 unspecified atom stereocenters. The number of anilines is 2. The normalized spacial score (nSPS) is 12.8. The number of carbonyl (C=O) groups is 4. The van der Waals surface area contributed by atoms with E-state index in [4.69, 9.17) is 50.5 Å². The van der Waals surface area contributed by atoms with Crippen molar-refractivity contribution in [1.29, 1.82) is 0 Å². The third-order valence-electron chi connectivity index (χ3n) is 10.3. The van der Waals surface area contributed by atoms with Crippen LogP contribution in [0.1, 0.15) is 50.1 Å². The number of hydrogen-bond donors (Lipinski definition) is 4. The summed E-state index contributed by atoms with van der Waals surface area (Å²) >= 11 is 6.64. The van der Waals surface area contributed by atoms with Crippen LogP contribution in [0.3, 0.4) is 0 Å². The Hall–Kier alpha value is -8.11. The van der Waals surface area contributed by atoms with Crippen molar-refractivity contribution in [1.82, 2.24) is 30.8 Å². The summed E-state index contributed by atoms with van der Waals surface area (Å²) < 4.78 is 52.8. The molecule has 3 aromatic carbocycles. The van der Waals surface area contributed by atoms with Crippen LogP contribution in [0.15, 0.2) is 73.1 Å². The van der Waals surface area contributed by atoms with Crippen molar-refractivity contribution in [3.63, 3.8) is 0 Å². The van der Waals surface area contributed by atoms with E-state index in [9.17, 15) is 24.0 Å². The van der Waals surface area contributed by atoms with Gasteiger partial charge in [0.25, 0.3) is 0 Å².